The van der Waals surface area contributed by atoms with E-state index in [0.29, 0.717) is 12.3 Å². The summed E-state index contributed by atoms with van der Waals surface area (Å²) in [7, 11) is 0. The van der Waals surface area contributed by atoms with Crippen LogP contribution in [-0.2, 0) is 4.79 Å². The number of amides is 1. The Kier molecular flexibility index (Phi) is 3.81. The maximum Gasteiger partial charge on any atom is 0.224 e. The molecule has 24 heavy (non-hydrogen) atoms. The normalized spacial score (nSPS) is 15.4. The van der Waals surface area contributed by atoms with Crippen LogP contribution in [0.3, 0.4) is 0 Å². The van der Waals surface area contributed by atoms with Crippen molar-refractivity contribution in [1.82, 2.24) is 4.98 Å². The zero-order chi connectivity index (χ0) is 16.5. The van der Waals surface area contributed by atoms with E-state index in [1.54, 1.807) is 0 Å². The van der Waals surface area contributed by atoms with Crippen molar-refractivity contribution in [3.63, 3.8) is 0 Å². The van der Waals surface area contributed by atoms with Gasteiger partial charge >= 0.3 is 0 Å². The highest BCUT2D eigenvalue weighted by Gasteiger charge is 2.28. The van der Waals surface area contributed by atoms with E-state index in [4.69, 9.17) is 4.42 Å². The Morgan fingerprint density at radius 2 is 2.04 bits per heavy atom. The zero-order valence-electron chi connectivity index (χ0n) is 13.7. The fourth-order valence-corrected chi connectivity index (χ4v) is 2.92. The van der Waals surface area contributed by atoms with Gasteiger partial charge in [0.15, 0.2) is 11.5 Å². The lowest BCUT2D eigenvalue weighted by molar-refractivity contribution is -0.116. The Labute approximate surface area is 140 Å². The third kappa shape index (κ3) is 3.18. The molecule has 1 fully saturated rings. The van der Waals surface area contributed by atoms with Gasteiger partial charge in [-0.1, -0.05) is 37.3 Å². The van der Waals surface area contributed by atoms with Crippen molar-refractivity contribution in [3.05, 3.63) is 60.0 Å². The standard InChI is InChI=1S/C20H20N2O2/c1-13(14-5-3-2-4-6-14)11-19(23)21-16-9-10-18-17(12-16)22-20(24-18)15-7-8-15/h2-6,9-10,12-13,15H,7-8,11H2,1H3,(H,21,23). The van der Waals surface area contributed by atoms with Gasteiger partial charge in [0.2, 0.25) is 5.91 Å². The Hall–Kier alpha value is -2.62. The number of benzene rings is 2. The summed E-state index contributed by atoms with van der Waals surface area (Å²) in [5.74, 6) is 1.51. The van der Waals surface area contributed by atoms with E-state index < -0.39 is 0 Å². The van der Waals surface area contributed by atoms with Gasteiger partial charge in [0, 0.05) is 18.0 Å². The molecular weight excluding hydrogens is 300 g/mol. The molecule has 0 bridgehead atoms. The number of nitrogens with zero attached hydrogens (tertiary/aromatic N) is 1. The van der Waals surface area contributed by atoms with Crippen LogP contribution in [0, 0.1) is 0 Å². The van der Waals surface area contributed by atoms with E-state index in [1.165, 1.54) is 5.56 Å². The highest BCUT2D eigenvalue weighted by atomic mass is 16.3. The summed E-state index contributed by atoms with van der Waals surface area (Å²) in [6.07, 6.45) is 2.77. The largest absolute Gasteiger partial charge is 0.440 e. The first kappa shape index (κ1) is 14.9. The Bertz CT molecular complexity index is 866. The number of carbonyl (C=O) groups is 1. The van der Waals surface area contributed by atoms with E-state index in [-0.39, 0.29) is 11.8 Å². The Balaban J connectivity index is 1.44. The lowest BCUT2D eigenvalue weighted by Gasteiger charge is -2.12. The molecule has 1 amide bonds. The van der Waals surface area contributed by atoms with Gasteiger partial charge in [-0.05, 0) is 42.5 Å². The molecule has 1 N–H and O–H groups in total. The third-order valence-electron chi connectivity index (χ3n) is 4.47. The zero-order valence-corrected chi connectivity index (χ0v) is 13.7. The fourth-order valence-electron chi connectivity index (χ4n) is 2.92. The fraction of sp³-hybridized carbons (Fsp3) is 0.300. The summed E-state index contributed by atoms with van der Waals surface area (Å²) in [6, 6.07) is 15.7. The van der Waals surface area contributed by atoms with Crippen molar-refractivity contribution in [1.29, 1.82) is 0 Å². The average molecular weight is 320 g/mol. The summed E-state index contributed by atoms with van der Waals surface area (Å²) >= 11 is 0. The minimum absolute atomic E-state index is 0.0108. The SMILES string of the molecule is CC(CC(=O)Nc1ccc2oc(C3CC3)nc2c1)c1ccccc1. The molecule has 1 aromatic heterocycles. The summed E-state index contributed by atoms with van der Waals surface area (Å²) in [5.41, 5.74) is 3.54. The second-order valence-corrected chi connectivity index (χ2v) is 6.57. The first-order chi connectivity index (χ1) is 11.7. The van der Waals surface area contributed by atoms with Gasteiger partial charge in [-0.3, -0.25) is 4.79 Å². The molecule has 1 aliphatic carbocycles. The van der Waals surface area contributed by atoms with Gasteiger partial charge in [0.05, 0.1) is 0 Å². The molecule has 2 aromatic carbocycles. The van der Waals surface area contributed by atoms with Crippen LogP contribution in [0.2, 0.25) is 0 Å². The smallest absolute Gasteiger partial charge is 0.224 e. The van der Waals surface area contributed by atoms with E-state index in [2.05, 4.69) is 29.4 Å². The van der Waals surface area contributed by atoms with Crippen LogP contribution in [0.15, 0.2) is 52.9 Å². The number of rotatable bonds is 5. The van der Waals surface area contributed by atoms with Gasteiger partial charge < -0.3 is 9.73 Å². The molecule has 4 rings (SSSR count). The molecule has 1 saturated carbocycles. The molecule has 122 valence electrons. The minimum Gasteiger partial charge on any atom is -0.440 e. The van der Waals surface area contributed by atoms with Gasteiger partial charge in [-0.15, -0.1) is 0 Å². The second-order valence-electron chi connectivity index (χ2n) is 6.57. The topological polar surface area (TPSA) is 55.1 Å². The van der Waals surface area contributed by atoms with Crippen molar-refractivity contribution in [2.24, 2.45) is 0 Å². The summed E-state index contributed by atoms with van der Waals surface area (Å²) in [5, 5.41) is 2.97. The van der Waals surface area contributed by atoms with Crippen molar-refractivity contribution in [2.45, 2.75) is 38.0 Å². The highest BCUT2D eigenvalue weighted by Crippen LogP contribution is 2.40. The Morgan fingerprint density at radius 1 is 1.25 bits per heavy atom. The molecule has 0 saturated heterocycles. The van der Waals surface area contributed by atoms with Crippen LogP contribution >= 0.6 is 0 Å². The van der Waals surface area contributed by atoms with Gasteiger partial charge in [0.1, 0.15) is 5.52 Å². The number of anilines is 1. The van der Waals surface area contributed by atoms with E-state index in [9.17, 15) is 4.79 Å². The quantitative estimate of drug-likeness (QED) is 0.732. The first-order valence-electron chi connectivity index (χ1n) is 8.44. The monoisotopic (exact) mass is 320 g/mol. The second kappa shape index (κ2) is 6.11. The highest BCUT2D eigenvalue weighted by molar-refractivity contribution is 5.93. The number of oxazole rings is 1. The summed E-state index contributed by atoms with van der Waals surface area (Å²) in [6.45, 7) is 2.07. The molecular formula is C20H20N2O2. The van der Waals surface area contributed by atoms with Crippen molar-refractivity contribution >= 4 is 22.7 Å². The number of fused-ring (bicyclic) bond motifs is 1. The molecule has 4 nitrogen and oxygen atoms in total. The first-order valence-corrected chi connectivity index (χ1v) is 8.44. The number of hydrogen-bond acceptors (Lipinski definition) is 3. The molecule has 1 unspecified atom stereocenters. The van der Waals surface area contributed by atoms with E-state index >= 15 is 0 Å². The lowest BCUT2D eigenvalue weighted by Crippen LogP contribution is -2.14. The predicted molar refractivity (Wildman–Crippen MR) is 94.1 cm³/mol. The summed E-state index contributed by atoms with van der Waals surface area (Å²) < 4.78 is 5.75. The molecule has 4 heteroatoms. The summed E-state index contributed by atoms with van der Waals surface area (Å²) in [4.78, 5) is 16.8. The number of hydrogen-bond donors (Lipinski definition) is 1. The van der Waals surface area contributed by atoms with Crippen molar-refractivity contribution in [2.75, 3.05) is 5.32 Å². The van der Waals surface area contributed by atoms with Crippen molar-refractivity contribution in [3.8, 4) is 0 Å². The Morgan fingerprint density at radius 3 is 2.79 bits per heavy atom. The maximum absolute atomic E-state index is 12.3. The molecule has 1 heterocycles. The average Bonchev–Trinajstić information content (AvgIpc) is 3.35. The molecule has 0 aliphatic heterocycles. The van der Waals surface area contributed by atoms with Crippen molar-refractivity contribution < 1.29 is 9.21 Å². The van der Waals surface area contributed by atoms with Crippen LogP contribution in [-0.4, -0.2) is 10.9 Å². The molecule has 0 radical (unpaired) electrons. The van der Waals surface area contributed by atoms with Crippen LogP contribution in [0.4, 0.5) is 5.69 Å². The predicted octanol–water partition coefficient (Wildman–Crippen LogP) is 4.84. The maximum atomic E-state index is 12.3. The number of carbonyl (C=O) groups excluding carboxylic acids is 1. The van der Waals surface area contributed by atoms with Crippen LogP contribution in [0.1, 0.15) is 49.5 Å². The van der Waals surface area contributed by atoms with E-state index in [0.717, 1.165) is 35.5 Å². The molecule has 0 spiro atoms. The molecule has 3 aromatic rings. The van der Waals surface area contributed by atoms with Crippen LogP contribution in [0.5, 0.6) is 0 Å². The number of aromatic nitrogens is 1. The van der Waals surface area contributed by atoms with Crippen LogP contribution in [0.25, 0.3) is 11.1 Å². The van der Waals surface area contributed by atoms with Gasteiger partial charge in [-0.2, -0.15) is 0 Å². The van der Waals surface area contributed by atoms with Gasteiger partial charge in [-0.25, -0.2) is 4.98 Å². The third-order valence-corrected chi connectivity index (χ3v) is 4.47. The van der Waals surface area contributed by atoms with Crippen LogP contribution < -0.4 is 5.32 Å². The molecule has 1 atom stereocenters. The number of nitrogens with one attached hydrogen (secondary N) is 1. The van der Waals surface area contributed by atoms with E-state index in [1.807, 2.05) is 36.4 Å². The minimum atomic E-state index is 0.0108. The van der Waals surface area contributed by atoms with Gasteiger partial charge in [0.25, 0.3) is 0 Å². The lowest BCUT2D eigenvalue weighted by atomic mass is 9.97. The molecule has 1 aliphatic rings.